The van der Waals surface area contributed by atoms with Crippen molar-refractivity contribution in [1.82, 2.24) is 20.1 Å². The van der Waals surface area contributed by atoms with E-state index >= 15 is 0 Å². The molecule has 0 amide bonds. The first kappa shape index (κ1) is 12.3. The van der Waals surface area contributed by atoms with E-state index in [1.165, 1.54) is 9.75 Å². The minimum Gasteiger partial charge on any atom is -0.302 e. The normalized spacial score (nSPS) is 12.9. The van der Waals surface area contributed by atoms with E-state index in [4.69, 9.17) is 0 Å². The monoisotopic (exact) mass is 250 g/mol. The predicted octanol–water partition coefficient (Wildman–Crippen LogP) is 2.29. The van der Waals surface area contributed by atoms with Crippen molar-refractivity contribution >= 4 is 11.3 Å². The summed E-state index contributed by atoms with van der Waals surface area (Å²) in [5, 5.41) is 7.68. The molecule has 0 radical (unpaired) electrons. The molecule has 0 aliphatic rings. The van der Waals surface area contributed by atoms with E-state index in [0.717, 1.165) is 12.2 Å². The molecule has 2 heterocycles. The van der Waals surface area contributed by atoms with Gasteiger partial charge in [-0.25, -0.2) is 4.98 Å². The van der Waals surface area contributed by atoms with Crippen LogP contribution in [0.15, 0.2) is 18.5 Å². The minimum absolute atomic E-state index is 0.351. The molecule has 4 nitrogen and oxygen atoms in total. The van der Waals surface area contributed by atoms with E-state index in [9.17, 15) is 0 Å². The molecule has 17 heavy (non-hydrogen) atoms. The highest BCUT2D eigenvalue weighted by Gasteiger charge is 2.08. The van der Waals surface area contributed by atoms with E-state index in [1.807, 2.05) is 18.4 Å². The van der Waals surface area contributed by atoms with Gasteiger partial charge in [0, 0.05) is 22.8 Å². The van der Waals surface area contributed by atoms with Crippen molar-refractivity contribution in [2.24, 2.45) is 7.05 Å². The van der Waals surface area contributed by atoms with Crippen molar-refractivity contribution in [3.63, 3.8) is 0 Å². The van der Waals surface area contributed by atoms with Crippen molar-refractivity contribution in [3.8, 4) is 0 Å². The van der Waals surface area contributed by atoms with Crippen LogP contribution in [0.3, 0.4) is 0 Å². The second kappa shape index (κ2) is 5.42. The molecule has 2 aromatic rings. The Hall–Kier alpha value is -1.20. The fourth-order valence-electron chi connectivity index (χ4n) is 1.63. The summed E-state index contributed by atoms with van der Waals surface area (Å²) in [6, 6.07) is 4.76. The van der Waals surface area contributed by atoms with Crippen LogP contribution in [-0.2, 0) is 20.0 Å². The molecule has 0 aromatic carbocycles. The van der Waals surface area contributed by atoms with Gasteiger partial charge in [0.15, 0.2) is 5.82 Å². The predicted molar refractivity (Wildman–Crippen MR) is 70.0 cm³/mol. The molecule has 1 unspecified atom stereocenters. The number of rotatable bonds is 5. The second-order valence-electron chi connectivity index (χ2n) is 4.09. The topological polar surface area (TPSA) is 42.7 Å². The first-order valence-corrected chi connectivity index (χ1v) is 6.67. The highest BCUT2D eigenvalue weighted by Crippen LogP contribution is 2.23. The SMILES string of the molecule is CCc1ccc(C(C)NCc2ncn(C)n2)s1. The summed E-state index contributed by atoms with van der Waals surface area (Å²) in [7, 11) is 1.88. The zero-order chi connectivity index (χ0) is 12.3. The summed E-state index contributed by atoms with van der Waals surface area (Å²) in [6.07, 6.45) is 2.83. The number of nitrogens with one attached hydrogen (secondary N) is 1. The molecule has 5 heteroatoms. The standard InChI is InChI=1S/C12H18N4S/c1-4-10-5-6-11(17-10)9(2)13-7-12-14-8-16(3)15-12/h5-6,8-9,13H,4,7H2,1-3H3. The summed E-state index contributed by atoms with van der Waals surface area (Å²) in [5.41, 5.74) is 0. The third-order valence-corrected chi connectivity index (χ3v) is 4.08. The van der Waals surface area contributed by atoms with Gasteiger partial charge in [0.05, 0.1) is 6.54 Å². The van der Waals surface area contributed by atoms with Gasteiger partial charge >= 0.3 is 0 Å². The van der Waals surface area contributed by atoms with E-state index < -0.39 is 0 Å². The lowest BCUT2D eigenvalue weighted by Crippen LogP contribution is -2.18. The summed E-state index contributed by atoms with van der Waals surface area (Å²) < 4.78 is 1.72. The summed E-state index contributed by atoms with van der Waals surface area (Å²) in [5.74, 6) is 0.839. The highest BCUT2D eigenvalue weighted by molar-refractivity contribution is 7.12. The second-order valence-corrected chi connectivity index (χ2v) is 5.29. The fraction of sp³-hybridized carbons (Fsp3) is 0.500. The zero-order valence-corrected chi connectivity index (χ0v) is 11.3. The van der Waals surface area contributed by atoms with Crippen LogP contribution >= 0.6 is 11.3 Å². The molecule has 0 aliphatic heterocycles. The number of hydrogen-bond donors (Lipinski definition) is 1. The number of nitrogens with zero attached hydrogens (tertiary/aromatic N) is 3. The number of thiophene rings is 1. The van der Waals surface area contributed by atoms with E-state index in [0.29, 0.717) is 12.6 Å². The molecule has 0 bridgehead atoms. The molecular weight excluding hydrogens is 232 g/mol. The quantitative estimate of drug-likeness (QED) is 0.885. The van der Waals surface area contributed by atoms with Crippen LogP contribution in [0.1, 0.15) is 35.5 Å². The maximum atomic E-state index is 4.24. The third kappa shape index (κ3) is 3.14. The Morgan fingerprint density at radius 2 is 2.29 bits per heavy atom. The third-order valence-electron chi connectivity index (χ3n) is 2.67. The van der Waals surface area contributed by atoms with Gasteiger partial charge in [0.25, 0.3) is 0 Å². The largest absolute Gasteiger partial charge is 0.302 e. The van der Waals surface area contributed by atoms with Crippen LogP contribution in [0, 0.1) is 0 Å². The summed E-state index contributed by atoms with van der Waals surface area (Å²) in [4.78, 5) is 7.00. The Bertz CT molecular complexity index is 474. The van der Waals surface area contributed by atoms with Crippen molar-refractivity contribution in [2.45, 2.75) is 32.9 Å². The Kier molecular flexibility index (Phi) is 3.91. The number of aromatic nitrogens is 3. The van der Waals surface area contributed by atoms with E-state index in [1.54, 1.807) is 11.0 Å². The minimum atomic E-state index is 0.351. The molecule has 0 saturated carbocycles. The van der Waals surface area contributed by atoms with Gasteiger partial charge in [0.2, 0.25) is 0 Å². The number of hydrogen-bond acceptors (Lipinski definition) is 4. The van der Waals surface area contributed by atoms with Crippen LogP contribution in [0.4, 0.5) is 0 Å². The Morgan fingerprint density at radius 3 is 2.88 bits per heavy atom. The summed E-state index contributed by atoms with van der Waals surface area (Å²) in [6.45, 7) is 5.07. The van der Waals surface area contributed by atoms with Gasteiger partial charge in [-0.2, -0.15) is 5.10 Å². The molecule has 92 valence electrons. The van der Waals surface area contributed by atoms with Crippen LogP contribution in [0.5, 0.6) is 0 Å². The smallest absolute Gasteiger partial charge is 0.164 e. The van der Waals surface area contributed by atoms with Crippen LogP contribution in [0.25, 0.3) is 0 Å². The molecular formula is C12H18N4S. The zero-order valence-electron chi connectivity index (χ0n) is 10.5. The van der Waals surface area contributed by atoms with E-state index in [2.05, 4.69) is 41.4 Å². The lowest BCUT2D eigenvalue weighted by molar-refractivity contribution is 0.563. The van der Waals surface area contributed by atoms with Crippen molar-refractivity contribution < 1.29 is 0 Å². The van der Waals surface area contributed by atoms with Gasteiger partial charge < -0.3 is 5.32 Å². The molecule has 0 saturated heterocycles. The fourth-order valence-corrected chi connectivity index (χ4v) is 2.61. The van der Waals surface area contributed by atoms with Gasteiger partial charge in [-0.1, -0.05) is 6.92 Å². The first-order chi connectivity index (χ1) is 8.19. The first-order valence-electron chi connectivity index (χ1n) is 5.85. The van der Waals surface area contributed by atoms with Crippen LogP contribution in [-0.4, -0.2) is 14.8 Å². The van der Waals surface area contributed by atoms with Crippen LogP contribution in [0.2, 0.25) is 0 Å². The molecule has 0 aliphatic carbocycles. The Labute approximate surface area is 106 Å². The Morgan fingerprint density at radius 1 is 1.47 bits per heavy atom. The van der Waals surface area contributed by atoms with Gasteiger partial charge in [-0.05, 0) is 25.5 Å². The van der Waals surface area contributed by atoms with Crippen LogP contribution < -0.4 is 5.32 Å². The molecule has 0 fully saturated rings. The average molecular weight is 250 g/mol. The molecule has 1 atom stereocenters. The average Bonchev–Trinajstić information content (AvgIpc) is 2.94. The molecule has 2 aromatic heterocycles. The van der Waals surface area contributed by atoms with Crippen molar-refractivity contribution in [3.05, 3.63) is 34.0 Å². The lowest BCUT2D eigenvalue weighted by atomic mass is 10.2. The molecule has 0 spiro atoms. The van der Waals surface area contributed by atoms with Gasteiger partial charge in [-0.15, -0.1) is 11.3 Å². The highest BCUT2D eigenvalue weighted by atomic mass is 32.1. The molecule has 1 N–H and O–H groups in total. The summed E-state index contributed by atoms with van der Waals surface area (Å²) >= 11 is 1.87. The lowest BCUT2D eigenvalue weighted by Gasteiger charge is -2.09. The maximum absolute atomic E-state index is 4.24. The molecule has 2 rings (SSSR count). The van der Waals surface area contributed by atoms with Gasteiger partial charge in [0.1, 0.15) is 6.33 Å². The van der Waals surface area contributed by atoms with Gasteiger partial charge in [-0.3, -0.25) is 4.68 Å². The van der Waals surface area contributed by atoms with Crippen molar-refractivity contribution in [2.75, 3.05) is 0 Å². The Balaban J connectivity index is 1.90. The maximum Gasteiger partial charge on any atom is 0.164 e. The van der Waals surface area contributed by atoms with Crippen molar-refractivity contribution in [1.29, 1.82) is 0 Å². The van der Waals surface area contributed by atoms with E-state index in [-0.39, 0.29) is 0 Å². The number of aryl methyl sites for hydroxylation is 2.